The Morgan fingerprint density at radius 3 is 2.24 bits per heavy atom. The number of halogens is 3. The van der Waals surface area contributed by atoms with E-state index in [0.29, 0.717) is 12.8 Å². The Kier molecular flexibility index (Phi) is 6.48. The van der Waals surface area contributed by atoms with Gasteiger partial charge in [-0.05, 0) is 12.8 Å². The van der Waals surface area contributed by atoms with E-state index in [-0.39, 0.29) is 19.1 Å². The molecule has 4 nitrogen and oxygen atoms in total. The number of nitrogens with two attached hydrogens (primary N) is 1. The molecule has 0 aromatic heterocycles. The third-order valence-corrected chi connectivity index (χ3v) is 2.51. The van der Waals surface area contributed by atoms with Gasteiger partial charge in [0.25, 0.3) is 0 Å². The van der Waals surface area contributed by atoms with Crippen LogP contribution >= 0.6 is 0 Å². The molecule has 0 unspecified atom stereocenters. The van der Waals surface area contributed by atoms with Gasteiger partial charge in [-0.1, -0.05) is 13.8 Å². The van der Waals surface area contributed by atoms with Gasteiger partial charge in [-0.15, -0.1) is 0 Å². The summed E-state index contributed by atoms with van der Waals surface area (Å²) in [7, 11) is 0. The summed E-state index contributed by atoms with van der Waals surface area (Å²) in [5, 5.41) is 2.46. The molecule has 1 amide bonds. The number of carbonyl (C=O) groups is 1. The highest BCUT2D eigenvalue weighted by molar-refractivity contribution is 5.85. The zero-order valence-electron chi connectivity index (χ0n) is 10.1. The molecule has 3 N–H and O–H groups in total. The summed E-state index contributed by atoms with van der Waals surface area (Å²) in [4.78, 5) is 11.6. The zero-order chi connectivity index (χ0) is 13.5. The van der Waals surface area contributed by atoms with Crippen molar-refractivity contribution in [2.24, 2.45) is 5.73 Å². The van der Waals surface area contributed by atoms with E-state index in [4.69, 9.17) is 5.73 Å². The van der Waals surface area contributed by atoms with Gasteiger partial charge in [-0.3, -0.25) is 4.79 Å². The van der Waals surface area contributed by atoms with Gasteiger partial charge in [-0.2, -0.15) is 13.2 Å². The molecule has 0 heterocycles. The molecule has 0 aliphatic heterocycles. The minimum Gasteiger partial charge on any atom is -0.370 e. The molecule has 0 fully saturated rings. The Bertz CT molecular complexity index is 240. The normalized spacial score (nSPS) is 12.6. The summed E-state index contributed by atoms with van der Waals surface area (Å²) in [5.41, 5.74) is 4.84. The Hall–Kier alpha value is -0.820. The van der Waals surface area contributed by atoms with Crippen LogP contribution in [0.5, 0.6) is 0 Å². The Labute approximate surface area is 98.7 Å². The molecule has 0 aromatic carbocycles. The second-order valence-electron chi connectivity index (χ2n) is 3.79. The van der Waals surface area contributed by atoms with Gasteiger partial charge in [0, 0.05) is 6.54 Å². The molecule has 0 rings (SSSR count). The quantitative estimate of drug-likeness (QED) is 0.673. The number of amides is 1. The molecule has 0 radical (unpaired) electrons. The van der Waals surface area contributed by atoms with Gasteiger partial charge in [0.05, 0.1) is 12.1 Å². The van der Waals surface area contributed by atoms with E-state index in [1.54, 1.807) is 13.8 Å². The standard InChI is InChI=1S/C10H19F3N2O2/c1-3-9(14,4-2)8(16)15-5-6-17-7-10(11,12)13/h3-7,14H2,1-2H3,(H,15,16). The average molecular weight is 256 g/mol. The summed E-state index contributed by atoms with van der Waals surface area (Å²) >= 11 is 0. The fraction of sp³-hybridized carbons (Fsp3) is 0.900. The number of carbonyl (C=O) groups excluding carboxylic acids is 1. The van der Waals surface area contributed by atoms with Crippen molar-refractivity contribution in [1.82, 2.24) is 5.32 Å². The zero-order valence-corrected chi connectivity index (χ0v) is 10.1. The van der Waals surface area contributed by atoms with Crippen molar-refractivity contribution >= 4 is 5.91 Å². The first kappa shape index (κ1) is 16.2. The van der Waals surface area contributed by atoms with Crippen LogP contribution < -0.4 is 11.1 Å². The van der Waals surface area contributed by atoms with Crippen LogP contribution in [-0.4, -0.2) is 37.4 Å². The van der Waals surface area contributed by atoms with E-state index in [0.717, 1.165) is 0 Å². The molecule has 7 heteroatoms. The molecule has 0 atom stereocenters. The van der Waals surface area contributed by atoms with Gasteiger partial charge in [0.2, 0.25) is 5.91 Å². The first-order valence-corrected chi connectivity index (χ1v) is 5.47. The number of hydrogen-bond acceptors (Lipinski definition) is 3. The van der Waals surface area contributed by atoms with Gasteiger partial charge in [0.1, 0.15) is 6.61 Å². The highest BCUT2D eigenvalue weighted by Gasteiger charge is 2.30. The van der Waals surface area contributed by atoms with Crippen LogP contribution in [0.25, 0.3) is 0 Å². The van der Waals surface area contributed by atoms with Crippen LogP contribution in [0.1, 0.15) is 26.7 Å². The first-order chi connectivity index (χ1) is 7.75. The van der Waals surface area contributed by atoms with Gasteiger partial charge < -0.3 is 15.8 Å². The van der Waals surface area contributed by atoms with Crippen molar-refractivity contribution in [3.05, 3.63) is 0 Å². The summed E-state index contributed by atoms with van der Waals surface area (Å²) in [6.07, 6.45) is -3.40. The lowest BCUT2D eigenvalue weighted by molar-refractivity contribution is -0.173. The predicted octanol–water partition coefficient (Wildman–Crippen LogP) is 1.20. The lowest BCUT2D eigenvalue weighted by atomic mass is 9.93. The highest BCUT2D eigenvalue weighted by Crippen LogP contribution is 2.14. The maximum Gasteiger partial charge on any atom is 0.411 e. The third-order valence-electron chi connectivity index (χ3n) is 2.51. The van der Waals surface area contributed by atoms with Crippen molar-refractivity contribution in [2.45, 2.75) is 38.4 Å². The summed E-state index contributed by atoms with van der Waals surface area (Å²) in [5.74, 6) is -0.363. The largest absolute Gasteiger partial charge is 0.411 e. The van der Waals surface area contributed by atoms with Gasteiger partial charge >= 0.3 is 6.18 Å². The van der Waals surface area contributed by atoms with Crippen LogP contribution in [-0.2, 0) is 9.53 Å². The first-order valence-electron chi connectivity index (χ1n) is 5.47. The molecule has 0 spiro atoms. The molecule has 0 aliphatic rings. The number of hydrogen-bond donors (Lipinski definition) is 2. The third kappa shape index (κ3) is 6.48. The van der Waals surface area contributed by atoms with Crippen LogP contribution in [0.4, 0.5) is 13.2 Å². The second kappa shape index (κ2) is 6.80. The maximum atomic E-state index is 11.7. The average Bonchev–Trinajstić information content (AvgIpc) is 2.25. The fourth-order valence-corrected chi connectivity index (χ4v) is 1.17. The summed E-state index contributed by atoms with van der Waals surface area (Å²) in [6.45, 7) is 2.09. The lowest BCUT2D eigenvalue weighted by Crippen LogP contribution is -2.53. The molecule has 0 saturated carbocycles. The van der Waals surface area contributed by atoms with Crippen LogP contribution in [0.15, 0.2) is 0 Å². The minimum atomic E-state index is -4.34. The molecule has 0 saturated heterocycles. The smallest absolute Gasteiger partial charge is 0.370 e. The molecular formula is C10H19F3N2O2. The van der Waals surface area contributed by atoms with Gasteiger partial charge in [0.15, 0.2) is 0 Å². The van der Waals surface area contributed by atoms with E-state index in [9.17, 15) is 18.0 Å². The fourth-order valence-electron chi connectivity index (χ4n) is 1.17. The van der Waals surface area contributed by atoms with Crippen LogP contribution in [0.3, 0.4) is 0 Å². The molecule has 17 heavy (non-hydrogen) atoms. The monoisotopic (exact) mass is 256 g/mol. The van der Waals surface area contributed by atoms with Gasteiger partial charge in [-0.25, -0.2) is 0 Å². The SMILES string of the molecule is CCC(N)(CC)C(=O)NCCOCC(F)(F)F. The topological polar surface area (TPSA) is 64.4 Å². The number of alkyl halides is 3. The van der Waals surface area contributed by atoms with Crippen molar-refractivity contribution < 1.29 is 22.7 Å². The highest BCUT2D eigenvalue weighted by atomic mass is 19.4. The van der Waals surface area contributed by atoms with Crippen molar-refractivity contribution in [3.63, 3.8) is 0 Å². The van der Waals surface area contributed by atoms with E-state index in [1.165, 1.54) is 0 Å². The van der Waals surface area contributed by atoms with Crippen molar-refractivity contribution in [3.8, 4) is 0 Å². The molecular weight excluding hydrogens is 237 g/mol. The molecule has 0 aliphatic carbocycles. The van der Waals surface area contributed by atoms with Crippen molar-refractivity contribution in [2.75, 3.05) is 19.8 Å². The summed E-state index contributed by atoms with van der Waals surface area (Å²) in [6, 6.07) is 0. The number of ether oxygens (including phenoxy) is 1. The number of rotatable bonds is 7. The minimum absolute atomic E-state index is 0.0217. The molecule has 0 aromatic rings. The molecule has 0 bridgehead atoms. The molecule has 102 valence electrons. The van der Waals surface area contributed by atoms with Crippen LogP contribution in [0, 0.1) is 0 Å². The lowest BCUT2D eigenvalue weighted by Gasteiger charge is -2.25. The Balaban J connectivity index is 3.79. The summed E-state index contributed by atoms with van der Waals surface area (Å²) < 4.78 is 39.5. The van der Waals surface area contributed by atoms with E-state index < -0.39 is 18.3 Å². The van der Waals surface area contributed by atoms with E-state index >= 15 is 0 Å². The van der Waals surface area contributed by atoms with E-state index in [2.05, 4.69) is 10.1 Å². The second-order valence-corrected chi connectivity index (χ2v) is 3.79. The Morgan fingerprint density at radius 2 is 1.82 bits per heavy atom. The van der Waals surface area contributed by atoms with Crippen molar-refractivity contribution in [1.29, 1.82) is 0 Å². The Morgan fingerprint density at radius 1 is 1.29 bits per heavy atom. The maximum absolute atomic E-state index is 11.7. The van der Waals surface area contributed by atoms with Crippen LogP contribution in [0.2, 0.25) is 0 Å². The number of nitrogens with one attached hydrogen (secondary N) is 1. The van der Waals surface area contributed by atoms with E-state index in [1.807, 2.05) is 0 Å². The predicted molar refractivity (Wildman–Crippen MR) is 57.4 cm³/mol.